The Kier molecular flexibility index (Phi) is 8.16. The van der Waals surface area contributed by atoms with Crippen LogP contribution in [0.25, 0.3) is 0 Å². The zero-order chi connectivity index (χ0) is 19.5. The van der Waals surface area contributed by atoms with Gasteiger partial charge in [-0.1, -0.05) is 12.1 Å². The SMILES string of the molecule is CCOc1ccc(NC(=O)COC(=O)CCCOc2cccc(C)c2)cc1. The maximum atomic E-state index is 11.8. The highest BCUT2D eigenvalue weighted by Gasteiger charge is 2.08. The van der Waals surface area contributed by atoms with E-state index in [0.717, 1.165) is 17.1 Å². The third kappa shape index (κ3) is 7.81. The largest absolute Gasteiger partial charge is 0.494 e. The lowest BCUT2D eigenvalue weighted by molar-refractivity contribution is -0.147. The summed E-state index contributed by atoms with van der Waals surface area (Å²) in [5, 5.41) is 2.66. The third-order valence-electron chi connectivity index (χ3n) is 3.60. The van der Waals surface area contributed by atoms with Gasteiger partial charge in [0, 0.05) is 12.1 Å². The van der Waals surface area contributed by atoms with Crippen molar-refractivity contribution in [1.29, 1.82) is 0 Å². The van der Waals surface area contributed by atoms with Crippen LogP contribution in [0.5, 0.6) is 11.5 Å². The molecule has 0 aromatic heterocycles. The summed E-state index contributed by atoms with van der Waals surface area (Å²) in [7, 11) is 0. The normalized spacial score (nSPS) is 10.1. The number of rotatable bonds is 10. The summed E-state index contributed by atoms with van der Waals surface area (Å²) in [6, 6.07) is 14.7. The average molecular weight is 371 g/mol. The van der Waals surface area contributed by atoms with E-state index in [2.05, 4.69) is 5.32 Å². The molecule has 2 aromatic rings. The molecule has 0 fully saturated rings. The molecule has 1 amide bonds. The number of nitrogens with one attached hydrogen (secondary N) is 1. The van der Waals surface area contributed by atoms with E-state index in [-0.39, 0.29) is 18.9 Å². The number of hydrogen-bond acceptors (Lipinski definition) is 5. The van der Waals surface area contributed by atoms with Crippen molar-refractivity contribution in [3.63, 3.8) is 0 Å². The van der Waals surface area contributed by atoms with Crippen molar-refractivity contribution in [3.8, 4) is 11.5 Å². The minimum atomic E-state index is -0.426. The molecular weight excluding hydrogens is 346 g/mol. The van der Waals surface area contributed by atoms with Gasteiger partial charge in [0.1, 0.15) is 11.5 Å². The fourth-order valence-electron chi connectivity index (χ4n) is 2.33. The van der Waals surface area contributed by atoms with E-state index in [9.17, 15) is 9.59 Å². The van der Waals surface area contributed by atoms with Crippen LogP contribution in [-0.2, 0) is 14.3 Å². The maximum absolute atomic E-state index is 11.8. The van der Waals surface area contributed by atoms with Gasteiger partial charge in [-0.25, -0.2) is 0 Å². The molecule has 0 atom stereocenters. The van der Waals surface area contributed by atoms with Crippen LogP contribution in [0.15, 0.2) is 48.5 Å². The Labute approximate surface area is 159 Å². The predicted octanol–water partition coefficient (Wildman–Crippen LogP) is 3.73. The highest BCUT2D eigenvalue weighted by molar-refractivity contribution is 5.92. The minimum absolute atomic E-state index is 0.197. The lowest BCUT2D eigenvalue weighted by Crippen LogP contribution is -2.21. The van der Waals surface area contributed by atoms with Crippen LogP contribution >= 0.6 is 0 Å². The number of anilines is 1. The zero-order valence-corrected chi connectivity index (χ0v) is 15.7. The Morgan fingerprint density at radius 1 is 1.00 bits per heavy atom. The summed E-state index contributed by atoms with van der Waals surface area (Å²) in [4.78, 5) is 23.5. The molecule has 0 aliphatic carbocycles. The number of carbonyl (C=O) groups excluding carboxylic acids is 2. The zero-order valence-electron chi connectivity index (χ0n) is 15.7. The van der Waals surface area contributed by atoms with Gasteiger partial charge in [0.15, 0.2) is 6.61 Å². The minimum Gasteiger partial charge on any atom is -0.494 e. The molecule has 6 heteroatoms. The van der Waals surface area contributed by atoms with Gasteiger partial charge in [-0.15, -0.1) is 0 Å². The number of carbonyl (C=O) groups is 2. The molecule has 0 radical (unpaired) electrons. The van der Waals surface area contributed by atoms with Crippen molar-refractivity contribution in [2.75, 3.05) is 25.1 Å². The van der Waals surface area contributed by atoms with Crippen molar-refractivity contribution < 1.29 is 23.8 Å². The van der Waals surface area contributed by atoms with E-state index in [1.807, 2.05) is 38.1 Å². The summed E-state index contributed by atoms with van der Waals surface area (Å²) >= 11 is 0. The Morgan fingerprint density at radius 2 is 1.78 bits per heavy atom. The second-order valence-electron chi connectivity index (χ2n) is 5.93. The number of amides is 1. The second kappa shape index (κ2) is 10.9. The molecule has 0 saturated carbocycles. The summed E-state index contributed by atoms with van der Waals surface area (Å²) in [6.07, 6.45) is 0.718. The standard InChI is InChI=1S/C21H25NO5/c1-3-25-18-11-9-17(10-12-18)22-20(23)15-27-21(24)8-5-13-26-19-7-4-6-16(2)14-19/h4,6-7,9-12,14H,3,5,8,13,15H2,1-2H3,(H,22,23). The molecular formula is C21H25NO5. The van der Waals surface area contributed by atoms with E-state index in [1.165, 1.54) is 0 Å². The van der Waals surface area contributed by atoms with Crippen molar-refractivity contribution in [1.82, 2.24) is 0 Å². The lowest BCUT2D eigenvalue weighted by atomic mass is 10.2. The van der Waals surface area contributed by atoms with E-state index in [1.54, 1.807) is 24.3 Å². The first-order valence-electron chi connectivity index (χ1n) is 8.94. The Morgan fingerprint density at radius 3 is 2.48 bits per heavy atom. The quantitative estimate of drug-likeness (QED) is 0.509. The smallest absolute Gasteiger partial charge is 0.306 e. The van der Waals surface area contributed by atoms with Crippen molar-refractivity contribution in [3.05, 3.63) is 54.1 Å². The van der Waals surface area contributed by atoms with Crippen LogP contribution in [0.3, 0.4) is 0 Å². The summed E-state index contributed by atoms with van der Waals surface area (Å²) in [5.74, 6) is 0.695. The molecule has 27 heavy (non-hydrogen) atoms. The molecule has 0 spiro atoms. The number of hydrogen-bond donors (Lipinski definition) is 1. The van der Waals surface area contributed by atoms with Crippen LogP contribution < -0.4 is 14.8 Å². The van der Waals surface area contributed by atoms with E-state index < -0.39 is 5.97 Å². The van der Waals surface area contributed by atoms with Gasteiger partial charge in [-0.05, 0) is 62.2 Å². The van der Waals surface area contributed by atoms with Crippen LogP contribution in [0.1, 0.15) is 25.3 Å². The van der Waals surface area contributed by atoms with Gasteiger partial charge in [0.05, 0.1) is 13.2 Å². The van der Waals surface area contributed by atoms with Crippen LogP contribution in [-0.4, -0.2) is 31.7 Å². The number of aryl methyl sites for hydroxylation is 1. The van der Waals surface area contributed by atoms with Gasteiger partial charge in [-0.2, -0.15) is 0 Å². The number of ether oxygens (including phenoxy) is 3. The van der Waals surface area contributed by atoms with Gasteiger partial charge < -0.3 is 19.5 Å². The molecule has 0 aliphatic rings. The maximum Gasteiger partial charge on any atom is 0.306 e. The summed E-state index contributed by atoms with van der Waals surface area (Å²) in [5.41, 5.74) is 1.73. The second-order valence-corrected chi connectivity index (χ2v) is 5.93. The number of benzene rings is 2. The topological polar surface area (TPSA) is 73.9 Å². The molecule has 144 valence electrons. The van der Waals surface area contributed by atoms with Crippen LogP contribution in [0, 0.1) is 6.92 Å². The molecule has 2 aromatic carbocycles. The fourth-order valence-corrected chi connectivity index (χ4v) is 2.33. The van der Waals surface area contributed by atoms with Gasteiger partial charge >= 0.3 is 5.97 Å². The first-order valence-corrected chi connectivity index (χ1v) is 8.94. The van der Waals surface area contributed by atoms with Gasteiger partial charge in [0.25, 0.3) is 5.91 Å². The Hall–Kier alpha value is -3.02. The lowest BCUT2D eigenvalue weighted by Gasteiger charge is -2.08. The summed E-state index contributed by atoms with van der Waals surface area (Å²) < 4.78 is 15.9. The first kappa shape index (κ1) is 20.3. The van der Waals surface area contributed by atoms with Gasteiger partial charge in [-0.3, -0.25) is 9.59 Å². The molecule has 0 unspecified atom stereocenters. The highest BCUT2D eigenvalue weighted by atomic mass is 16.5. The molecule has 2 rings (SSSR count). The van der Waals surface area contributed by atoms with Crippen molar-refractivity contribution in [2.45, 2.75) is 26.7 Å². The Bertz CT molecular complexity index is 742. The van der Waals surface area contributed by atoms with E-state index >= 15 is 0 Å². The summed E-state index contributed by atoms with van der Waals surface area (Å²) in [6.45, 7) is 4.57. The molecule has 0 saturated heterocycles. The average Bonchev–Trinajstić information content (AvgIpc) is 2.65. The highest BCUT2D eigenvalue weighted by Crippen LogP contribution is 2.15. The monoisotopic (exact) mass is 371 g/mol. The van der Waals surface area contributed by atoms with Crippen LogP contribution in [0.4, 0.5) is 5.69 Å². The molecule has 6 nitrogen and oxygen atoms in total. The van der Waals surface area contributed by atoms with E-state index in [4.69, 9.17) is 14.2 Å². The molecule has 0 heterocycles. The number of esters is 1. The third-order valence-corrected chi connectivity index (χ3v) is 3.60. The predicted molar refractivity (Wildman–Crippen MR) is 103 cm³/mol. The molecule has 0 bridgehead atoms. The van der Waals surface area contributed by atoms with Gasteiger partial charge in [0.2, 0.25) is 0 Å². The molecule has 0 aliphatic heterocycles. The van der Waals surface area contributed by atoms with Crippen LogP contribution in [0.2, 0.25) is 0 Å². The Balaban J connectivity index is 1.61. The van der Waals surface area contributed by atoms with E-state index in [0.29, 0.717) is 25.3 Å². The molecule has 1 N–H and O–H groups in total. The first-order chi connectivity index (χ1) is 13.1. The van der Waals surface area contributed by atoms with Crippen molar-refractivity contribution >= 4 is 17.6 Å². The van der Waals surface area contributed by atoms with Crippen molar-refractivity contribution in [2.24, 2.45) is 0 Å². The fraction of sp³-hybridized carbons (Fsp3) is 0.333.